The molecule has 4 nitrogen and oxygen atoms in total. The maximum absolute atomic E-state index is 4.91. The molecule has 0 spiro atoms. The molecule has 3 aromatic carbocycles. The summed E-state index contributed by atoms with van der Waals surface area (Å²) in [7, 11) is 0. The summed E-state index contributed by atoms with van der Waals surface area (Å²) in [5, 5.41) is 14.9. The third-order valence-corrected chi connectivity index (χ3v) is 4.92. The van der Waals surface area contributed by atoms with Crippen molar-refractivity contribution in [2.45, 2.75) is 0 Å². The summed E-state index contributed by atoms with van der Waals surface area (Å²) in [6.07, 6.45) is 0. The van der Waals surface area contributed by atoms with Crippen LogP contribution >= 0.6 is 15.9 Å². The van der Waals surface area contributed by atoms with E-state index in [0.717, 1.165) is 43.4 Å². The molecule has 0 unspecified atom stereocenters. The highest BCUT2D eigenvalue weighted by atomic mass is 79.9. The second-order valence-corrected chi connectivity index (χ2v) is 6.93. The lowest BCUT2D eigenvalue weighted by atomic mass is 10.1. The van der Waals surface area contributed by atoms with Crippen molar-refractivity contribution in [2.24, 2.45) is 0 Å². The maximum Gasteiger partial charge on any atom is 0.140 e. The standard InChI is InChI=1S/C21H13BrN4/c22-15-10-12-16(13-11-15)26-21-17-8-4-5-9-18(17)23-24-20(21)19(25-26)14-6-2-1-3-7-14/h1-13H. The zero-order chi connectivity index (χ0) is 17.5. The first-order valence-corrected chi connectivity index (χ1v) is 9.06. The predicted octanol–water partition coefficient (Wildman–Crippen LogP) is 5.40. The Hall–Kier alpha value is -3.05. The molecule has 5 heteroatoms. The highest BCUT2D eigenvalue weighted by Crippen LogP contribution is 2.32. The van der Waals surface area contributed by atoms with Gasteiger partial charge in [0.15, 0.2) is 0 Å². The summed E-state index contributed by atoms with van der Waals surface area (Å²) < 4.78 is 2.99. The van der Waals surface area contributed by atoms with Crippen molar-refractivity contribution >= 4 is 37.9 Å². The van der Waals surface area contributed by atoms with Crippen molar-refractivity contribution in [3.8, 4) is 16.9 Å². The van der Waals surface area contributed by atoms with Crippen molar-refractivity contribution in [3.63, 3.8) is 0 Å². The Kier molecular flexibility index (Phi) is 3.53. The lowest BCUT2D eigenvalue weighted by molar-refractivity contribution is 0.917. The number of benzene rings is 3. The SMILES string of the molecule is Brc1ccc(-n2nc(-c3ccccc3)c3nnc4ccccc4c32)cc1. The van der Waals surface area contributed by atoms with Crippen LogP contribution in [-0.4, -0.2) is 20.0 Å². The average molecular weight is 401 g/mol. The Balaban J connectivity index is 1.91. The van der Waals surface area contributed by atoms with E-state index in [0.29, 0.717) is 0 Å². The van der Waals surface area contributed by atoms with E-state index < -0.39 is 0 Å². The summed E-state index contributed by atoms with van der Waals surface area (Å²) >= 11 is 3.50. The van der Waals surface area contributed by atoms with Gasteiger partial charge in [0.2, 0.25) is 0 Å². The summed E-state index contributed by atoms with van der Waals surface area (Å²) in [5.41, 5.74) is 5.48. The molecule has 0 N–H and O–H groups in total. The molecule has 0 atom stereocenters. The number of hydrogen-bond donors (Lipinski definition) is 0. The largest absolute Gasteiger partial charge is 0.230 e. The molecule has 0 aliphatic rings. The molecule has 0 aliphatic carbocycles. The number of hydrogen-bond acceptors (Lipinski definition) is 3. The molecule has 0 fully saturated rings. The molecule has 124 valence electrons. The van der Waals surface area contributed by atoms with E-state index in [4.69, 9.17) is 5.10 Å². The number of fused-ring (bicyclic) bond motifs is 3. The van der Waals surface area contributed by atoms with E-state index in [9.17, 15) is 0 Å². The van der Waals surface area contributed by atoms with Crippen LogP contribution < -0.4 is 0 Å². The van der Waals surface area contributed by atoms with Gasteiger partial charge in [-0.3, -0.25) is 0 Å². The quantitative estimate of drug-likeness (QED) is 0.398. The highest BCUT2D eigenvalue weighted by molar-refractivity contribution is 9.10. The number of halogens is 1. The lowest BCUT2D eigenvalue weighted by Gasteiger charge is -2.05. The Bertz CT molecular complexity index is 1230. The van der Waals surface area contributed by atoms with Gasteiger partial charge in [-0.05, 0) is 30.3 Å². The van der Waals surface area contributed by atoms with Crippen LogP contribution in [0.15, 0.2) is 83.3 Å². The van der Waals surface area contributed by atoms with Crippen molar-refractivity contribution in [1.29, 1.82) is 0 Å². The van der Waals surface area contributed by atoms with Gasteiger partial charge in [-0.2, -0.15) is 5.10 Å². The average Bonchev–Trinajstić information content (AvgIpc) is 3.09. The molecule has 2 heterocycles. The summed E-state index contributed by atoms with van der Waals surface area (Å²) in [6, 6.07) is 26.3. The zero-order valence-corrected chi connectivity index (χ0v) is 15.3. The number of nitrogens with zero attached hydrogens (tertiary/aromatic N) is 4. The van der Waals surface area contributed by atoms with Gasteiger partial charge in [-0.1, -0.05) is 64.5 Å². The van der Waals surface area contributed by atoms with E-state index in [2.05, 4.69) is 32.2 Å². The van der Waals surface area contributed by atoms with E-state index in [1.165, 1.54) is 0 Å². The van der Waals surface area contributed by atoms with Gasteiger partial charge in [0.1, 0.15) is 16.7 Å². The molecule has 0 bridgehead atoms. The van der Waals surface area contributed by atoms with Gasteiger partial charge >= 0.3 is 0 Å². The Morgan fingerprint density at radius 2 is 1.46 bits per heavy atom. The number of aromatic nitrogens is 4. The van der Waals surface area contributed by atoms with E-state index in [1.807, 2.05) is 77.5 Å². The predicted molar refractivity (Wildman–Crippen MR) is 107 cm³/mol. The molecular formula is C21H13BrN4. The van der Waals surface area contributed by atoms with Crippen LogP contribution in [0.25, 0.3) is 38.9 Å². The van der Waals surface area contributed by atoms with Crippen molar-refractivity contribution in [1.82, 2.24) is 20.0 Å². The molecule has 0 aliphatic heterocycles. The molecule has 0 saturated carbocycles. The Morgan fingerprint density at radius 1 is 0.731 bits per heavy atom. The highest BCUT2D eigenvalue weighted by Gasteiger charge is 2.18. The molecule has 0 radical (unpaired) electrons. The van der Waals surface area contributed by atoms with Crippen LogP contribution in [0.5, 0.6) is 0 Å². The van der Waals surface area contributed by atoms with E-state index in [1.54, 1.807) is 0 Å². The monoisotopic (exact) mass is 400 g/mol. The Labute approximate surface area is 158 Å². The fraction of sp³-hybridized carbons (Fsp3) is 0. The van der Waals surface area contributed by atoms with Crippen LogP contribution in [0.4, 0.5) is 0 Å². The molecule has 26 heavy (non-hydrogen) atoms. The fourth-order valence-electron chi connectivity index (χ4n) is 3.17. The lowest BCUT2D eigenvalue weighted by Crippen LogP contribution is -1.97. The van der Waals surface area contributed by atoms with Gasteiger partial charge in [0.05, 0.1) is 11.2 Å². The maximum atomic E-state index is 4.91. The van der Waals surface area contributed by atoms with Crippen molar-refractivity contribution in [2.75, 3.05) is 0 Å². The normalized spacial score (nSPS) is 11.3. The van der Waals surface area contributed by atoms with Gasteiger partial charge in [-0.15, -0.1) is 10.2 Å². The van der Waals surface area contributed by atoms with Gasteiger partial charge in [-0.25, -0.2) is 4.68 Å². The number of rotatable bonds is 2. The third kappa shape index (κ3) is 2.40. The summed E-state index contributed by atoms with van der Waals surface area (Å²) in [4.78, 5) is 0. The molecular weight excluding hydrogens is 388 g/mol. The first-order chi connectivity index (χ1) is 12.8. The fourth-order valence-corrected chi connectivity index (χ4v) is 3.44. The molecule has 5 rings (SSSR count). The van der Waals surface area contributed by atoms with E-state index >= 15 is 0 Å². The topological polar surface area (TPSA) is 43.6 Å². The van der Waals surface area contributed by atoms with Crippen LogP contribution in [0.3, 0.4) is 0 Å². The van der Waals surface area contributed by atoms with Crippen LogP contribution in [0.1, 0.15) is 0 Å². The summed E-state index contributed by atoms with van der Waals surface area (Å²) in [5.74, 6) is 0. The zero-order valence-electron chi connectivity index (χ0n) is 13.7. The Morgan fingerprint density at radius 3 is 2.27 bits per heavy atom. The van der Waals surface area contributed by atoms with Crippen LogP contribution in [0, 0.1) is 0 Å². The summed E-state index contributed by atoms with van der Waals surface area (Å²) in [6.45, 7) is 0. The molecule has 0 saturated heterocycles. The minimum atomic E-state index is 0.804. The molecule has 5 aromatic rings. The molecule has 0 amide bonds. The smallest absolute Gasteiger partial charge is 0.140 e. The van der Waals surface area contributed by atoms with Crippen molar-refractivity contribution in [3.05, 3.63) is 83.3 Å². The van der Waals surface area contributed by atoms with Gasteiger partial charge < -0.3 is 0 Å². The van der Waals surface area contributed by atoms with Crippen LogP contribution in [0.2, 0.25) is 0 Å². The molecule has 2 aromatic heterocycles. The second-order valence-electron chi connectivity index (χ2n) is 6.02. The first kappa shape index (κ1) is 15.2. The minimum absolute atomic E-state index is 0.804. The van der Waals surface area contributed by atoms with Gasteiger partial charge in [0.25, 0.3) is 0 Å². The van der Waals surface area contributed by atoms with Crippen LogP contribution in [-0.2, 0) is 0 Å². The van der Waals surface area contributed by atoms with Crippen molar-refractivity contribution < 1.29 is 0 Å². The third-order valence-electron chi connectivity index (χ3n) is 4.40. The van der Waals surface area contributed by atoms with E-state index in [-0.39, 0.29) is 0 Å². The first-order valence-electron chi connectivity index (χ1n) is 8.27. The van der Waals surface area contributed by atoms with Gasteiger partial charge in [0, 0.05) is 15.4 Å². The second kappa shape index (κ2) is 6.04. The minimum Gasteiger partial charge on any atom is -0.230 e.